The van der Waals surface area contributed by atoms with Gasteiger partial charge < -0.3 is 15.3 Å². The van der Waals surface area contributed by atoms with Crippen molar-refractivity contribution in [3.63, 3.8) is 0 Å². The van der Waals surface area contributed by atoms with Gasteiger partial charge in [-0.2, -0.15) is 0 Å². The van der Waals surface area contributed by atoms with Gasteiger partial charge in [0.2, 0.25) is 5.91 Å². The lowest BCUT2D eigenvalue weighted by atomic mass is 10.2. The summed E-state index contributed by atoms with van der Waals surface area (Å²) >= 11 is 0. The number of aromatic hydroxyl groups is 1. The number of amides is 1. The van der Waals surface area contributed by atoms with Crippen LogP contribution in [0.15, 0.2) is 24.3 Å². The Morgan fingerprint density at radius 3 is 2.78 bits per heavy atom. The molecule has 0 radical (unpaired) electrons. The number of phenolic OH excluding ortho intramolecular Hbond substituents is 1. The molecule has 1 amide bonds. The average molecular weight is 248 g/mol. The molecule has 4 heteroatoms. The first-order valence-corrected chi connectivity index (χ1v) is 6.49. The number of likely N-dealkylation sites (N-methyl/N-ethyl adjacent to an activating group) is 1. The lowest BCUT2D eigenvalue weighted by Crippen LogP contribution is -2.39. The second-order valence-corrected chi connectivity index (χ2v) is 4.64. The third kappa shape index (κ3) is 3.23. The van der Waals surface area contributed by atoms with Gasteiger partial charge in [0, 0.05) is 24.7 Å². The third-order valence-electron chi connectivity index (χ3n) is 3.23. The maximum Gasteiger partial charge on any atom is 0.236 e. The highest BCUT2D eigenvalue weighted by atomic mass is 16.3. The largest absolute Gasteiger partial charge is 0.508 e. The fraction of sp³-hybridized carbons (Fsp3) is 0.500. The van der Waals surface area contributed by atoms with Crippen LogP contribution in [0, 0.1) is 0 Å². The summed E-state index contributed by atoms with van der Waals surface area (Å²) in [5, 5.41) is 12.7. The number of nitrogens with zero attached hydrogens (tertiary/aromatic N) is 1. The minimum Gasteiger partial charge on any atom is -0.508 e. The molecule has 1 aliphatic carbocycles. The van der Waals surface area contributed by atoms with Crippen molar-refractivity contribution in [1.82, 2.24) is 10.2 Å². The summed E-state index contributed by atoms with van der Waals surface area (Å²) in [6.07, 6.45) is 2.28. The summed E-state index contributed by atoms with van der Waals surface area (Å²) in [6.45, 7) is 3.64. The van der Waals surface area contributed by atoms with Gasteiger partial charge >= 0.3 is 0 Å². The first-order chi connectivity index (χ1) is 8.72. The van der Waals surface area contributed by atoms with Crippen LogP contribution in [0.1, 0.15) is 25.3 Å². The van der Waals surface area contributed by atoms with Crippen LogP contribution in [0.2, 0.25) is 0 Å². The third-order valence-corrected chi connectivity index (χ3v) is 3.23. The first kappa shape index (κ1) is 12.9. The van der Waals surface area contributed by atoms with Crippen LogP contribution in [0.4, 0.5) is 0 Å². The van der Waals surface area contributed by atoms with Crippen LogP contribution < -0.4 is 5.32 Å². The summed E-state index contributed by atoms with van der Waals surface area (Å²) in [5.41, 5.74) is 0.819. The van der Waals surface area contributed by atoms with Crippen molar-refractivity contribution in [1.29, 1.82) is 0 Å². The van der Waals surface area contributed by atoms with E-state index in [1.165, 1.54) is 0 Å². The second kappa shape index (κ2) is 5.87. The lowest BCUT2D eigenvalue weighted by Gasteiger charge is -2.20. The minimum absolute atomic E-state index is 0.149. The molecule has 0 aliphatic heterocycles. The van der Waals surface area contributed by atoms with Gasteiger partial charge in [-0.05, 0) is 25.8 Å². The topological polar surface area (TPSA) is 52.6 Å². The lowest BCUT2D eigenvalue weighted by molar-refractivity contribution is -0.130. The van der Waals surface area contributed by atoms with Gasteiger partial charge in [0.15, 0.2) is 0 Å². The number of carbonyl (C=O) groups is 1. The molecular formula is C14H20N2O2. The summed E-state index contributed by atoms with van der Waals surface area (Å²) in [6, 6.07) is 7.64. The number of nitrogens with one attached hydrogen (secondary N) is 1. The molecule has 0 unspecified atom stereocenters. The average Bonchev–Trinajstić information content (AvgIpc) is 3.17. The molecule has 0 heterocycles. The van der Waals surface area contributed by atoms with Gasteiger partial charge in [-0.15, -0.1) is 0 Å². The first-order valence-electron chi connectivity index (χ1n) is 6.49. The van der Waals surface area contributed by atoms with Gasteiger partial charge in [-0.25, -0.2) is 0 Å². The van der Waals surface area contributed by atoms with Crippen molar-refractivity contribution in [3.8, 4) is 5.75 Å². The quantitative estimate of drug-likeness (QED) is 0.802. The van der Waals surface area contributed by atoms with Gasteiger partial charge in [-0.3, -0.25) is 4.79 Å². The summed E-state index contributed by atoms with van der Waals surface area (Å²) in [5.74, 6) is 0.419. The number of rotatable bonds is 6. The molecule has 0 saturated heterocycles. The SMILES string of the molecule is CCN(C(=O)CNCc1ccccc1O)C1CC1. The number of hydrogen-bond donors (Lipinski definition) is 2. The molecule has 2 rings (SSSR count). The molecular weight excluding hydrogens is 228 g/mol. The molecule has 0 bridgehead atoms. The van der Waals surface area contributed by atoms with Crippen LogP contribution in [0.5, 0.6) is 5.75 Å². The van der Waals surface area contributed by atoms with Crippen molar-refractivity contribution in [2.24, 2.45) is 0 Å². The highest BCUT2D eigenvalue weighted by molar-refractivity contribution is 5.78. The molecule has 1 aliphatic rings. The smallest absolute Gasteiger partial charge is 0.236 e. The standard InChI is InChI=1S/C14H20N2O2/c1-2-16(12-7-8-12)14(18)10-15-9-11-5-3-4-6-13(11)17/h3-6,12,15,17H,2,7-10H2,1H3. The van der Waals surface area contributed by atoms with Crippen molar-refractivity contribution in [2.45, 2.75) is 32.4 Å². The molecule has 1 aromatic carbocycles. The van der Waals surface area contributed by atoms with E-state index in [1.807, 2.05) is 24.0 Å². The van der Waals surface area contributed by atoms with Gasteiger partial charge in [0.05, 0.1) is 6.54 Å². The van der Waals surface area contributed by atoms with E-state index in [0.717, 1.165) is 24.9 Å². The Morgan fingerprint density at radius 2 is 2.17 bits per heavy atom. The van der Waals surface area contributed by atoms with Crippen molar-refractivity contribution >= 4 is 5.91 Å². The van der Waals surface area contributed by atoms with Crippen LogP contribution in [-0.4, -0.2) is 35.0 Å². The molecule has 0 atom stereocenters. The molecule has 2 N–H and O–H groups in total. The second-order valence-electron chi connectivity index (χ2n) is 4.64. The number of phenols is 1. The van der Waals surface area contributed by atoms with E-state index in [4.69, 9.17) is 0 Å². The Hall–Kier alpha value is -1.55. The van der Waals surface area contributed by atoms with Crippen LogP contribution in [0.25, 0.3) is 0 Å². The molecule has 1 fully saturated rings. The highest BCUT2D eigenvalue weighted by Crippen LogP contribution is 2.26. The van der Waals surface area contributed by atoms with E-state index in [-0.39, 0.29) is 11.7 Å². The van der Waals surface area contributed by atoms with Crippen LogP contribution in [0.3, 0.4) is 0 Å². The number of benzene rings is 1. The molecule has 0 spiro atoms. The van der Waals surface area contributed by atoms with E-state index < -0.39 is 0 Å². The summed E-state index contributed by atoms with van der Waals surface area (Å²) in [4.78, 5) is 13.9. The van der Waals surface area contributed by atoms with Crippen LogP contribution >= 0.6 is 0 Å². The van der Waals surface area contributed by atoms with E-state index in [0.29, 0.717) is 19.1 Å². The summed E-state index contributed by atoms with van der Waals surface area (Å²) < 4.78 is 0. The fourth-order valence-corrected chi connectivity index (χ4v) is 2.09. The monoisotopic (exact) mass is 248 g/mol. The van der Waals surface area contributed by atoms with E-state index in [2.05, 4.69) is 5.32 Å². The Balaban J connectivity index is 1.78. The minimum atomic E-state index is 0.149. The Labute approximate surface area is 108 Å². The van der Waals surface area contributed by atoms with Crippen molar-refractivity contribution < 1.29 is 9.90 Å². The van der Waals surface area contributed by atoms with E-state index in [1.54, 1.807) is 12.1 Å². The molecule has 1 saturated carbocycles. The zero-order valence-corrected chi connectivity index (χ0v) is 10.7. The summed E-state index contributed by atoms with van der Waals surface area (Å²) in [7, 11) is 0. The van der Waals surface area contributed by atoms with E-state index in [9.17, 15) is 9.90 Å². The van der Waals surface area contributed by atoms with Crippen molar-refractivity contribution in [3.05, 3.63) is 29.8 Å². The zero-order chi connectivity index (χ0) is 13.0. The van der Waals surface area contributed by atoms with Crippen LogP contribution in [-0.2, 0) is 11.3 Å². The number of hydrogen-bond acceptors (Lipinski definition) is 3. The molecule has 18 heavy (non-hydrogen) atoms. The van der Waals surface area contributed by atoms with Crippen molar-refractivity contribution in [2.75, 3.05) is 13.1 Å². The molecule has 4 nitrogen and oxygen atoms in total. The predicted octanol–water partition coefficient (Wildman–Crippen LogP) is 1.49. The van der Waals surface area contributed by atoms with E-state index >= 15 is 0 Å². The normalized spacial score (nSPS) is 14.5. The highest BCUT2D eigenvalue weighted by Gasteiger charge is 2.30. The number of carbonyl (C=O) groups excluding carboxylic acids is 1. The zero-order valence-electron chi connectivity index (χ0n) is 10.7. The number of para-hydroxylation sites is 1. The molecule has 1 aromatic rings. The Kier molecular flexibility index (Phi) is 4.20. The van der Waals surface area contributed by atoms with Gasteiger partial charge in [0.1, 0.15) is 5.75 Å². The fourth-order valence-electron chi connectivity index (χ4n) is 2.09. The molecule has 0 aromatic heterocycles. The Morgan fingerprint density at radius 1 is 1.44 bits per heavy atom. The van der Waals surface area contributed by atoms with Gasteiger partial charge in [-0.1, -0.05) is 18.2 Å². The molecule has 98 valence electrons. The Bertz CT molecular complexity index is 416. The maximum absolute atomic E-state index is 11.9. The maximum atomic E-state index is 11.9. The van der Waals surface area contributed by atoms with Gasteiger partial charge in [0.25, 0.3) is 0 Å². The predicted molar refractivity (Wildman–Crippen MR) is 70.2 cm³/mol.